The highest BCUT2D eigenvalue weighted by Crippen LogP contribution is 2.38. The first-order valence-electron chi connectivity index (χ1n) is 10.1. The molecular formula is C27H22N2. The quantitative estimate of drug-likeness (QED) is 0.311. The van der Waals surface area contributed by atoms with Crippen LogP contribution in [0.25, 0.3) is 44.1 Å². The van der Waals surface area contributed by atoms with E-state index in [4.69, 9.17) is 9.97 Å². The number of nitrogens with zero attached hydrogens (tertiary/aromatic N) is 2. The molecular weight excluding hydrogens is 352 g/mol. The first kappa shape index (κ1) is 17.6. The summed E-state index contributed by atoms with van der Waals surface area (Å²) >= 11 is 0. The molecule has 1 aromatic heterocycles. The van der Waals surface area contributed by atoms with Crippen LogP contribution in [0.1, 0.15) is 25.6 Å². The zero-order valence-electron chi connectivity index (χ0n) is 16.6. The summed E-state index contributed by atoms with van der Waals surface area (Å²) in [5.74, 6) is 1.14. The fourth-order valence-electron chi connectivity index (χ4n) is 3.91. The van der Waals surface area contributed by atoms with Gasteiger partial charge in [0.05, 0.1) is 11.2 Å². The first-order valence-corrected chi connectivity index (χ1v) is 10.1. The number of benzene rings is 4. The normalized spacial score (nSPS) is 11.4. The molecule has 4 aromatic carbocycles. The van der Waals surface area contributed by atoms with Crippen molar-refractivity contribution < 1.29 is 0 Å². The van der Waals surface area contributed by atoms with Gasteiger partial charge in [0, 0.05) is 22.3 Å². The third-order valence-corrected chi connectivity index (χ3v) is 5.37. The van der Waals surface area contributed by atoms with Crippen LogP contribution in [0.5, 0.6) is 0 Å². The predicted molar refractivity (Wildman–Crippen MR) is 122 cm³/mol. The minimum atomic E-state index is 0.259. The van der Waals surface area contributed by atoms with Gasteiger partial charge in [0.2, 0.25) is 0 Å². The summed E-state index contributed by atoms with van der Waals surface area (Å²) in [6.45, 7) is 4.30. The van der Waals surface area contributed by atoms with Gasteiger partial charge in [-0.2, -0.15) is 0 Å². The maximum Gasteiger partial charge on any atom is 0.132 e. The molecule has 2 heteroatoms. The molecule has 140 valence electrons. The Hall–Kier alpha value is -3.52. The Labute approximate surface area is 170 Å². The van der Waals surface area contributed by atoms with Crippen LogP contribution in [-0.2, 0) is 0 Å². The van der Waals surface area contributed by atoms with Gasteiger partial charge in [0.1, 0.15) is 5.82 Å². The van der Waals surface area contributed by atoms with Gasteiger partial charge >= 0.3 is 0 Å². The van der Waals surface area contributed by atoms with E-state index in [9.17, 15) is 0 Å². The van der Waals surface area contributed by atoms with Gasteiger partial charge in [-0.15, -0.1) is 0 Å². The van der Waals surface area contributed by atoms with Crippen LogP contribution in [0.15, 0.2) is 91.0 Å². The van der Waals surface area contributed by atoms with E-state index in [1.54, 1.807) is 0 Å². The average Bonchev–Trinajstić information content (AvgIpc) is 2.79. The SMILES string of the molecule is CC(C)c1nc(-c2ccccc2)c2cc(-c3ccccc3)c3ccccc3c2n1. The number of fused-ring (bicyclic) bond motifs is 3. The molecule has 0 N–H and O–H groups in total. The molecule has 2 nitrogen and oxygen atoms in total. The Balaban J connectivity index is 1.96. The monoisotopic (exact) mass is 374 g/mol. The van der Waals surface area contributed by atoms with Gasteiger partial charge < -0.3 is 0 Å². The first-order chi connectivity index (χ1) is 14.2. The summed E-state index contributed by atoms with van der Waals surface area (Å²) in [6.07, 6.45) is 0. The predicted octanol–water partition coefficient (Wildman–Crippen LogP) is 7.24. The number of hydrogen-bond donors (Lipinski definition) is 0. The van der Waals surface area contributed by atoms with Crippen molar-refractivity contribution in [1.29, 1.82) is 0 Å². The van der Waals surface area contributed by atoms with Crippen molar-refractivity contribution in [3.05, 3.63) is 96.8 Å². The molecule has 1 heterocycles. The minimum absolute atomic E-state index is 0.259. The lowest BCUT2D eigenvalue weighted by Gasteiger charge is -2.15. The summed E-state index contributed by atoms with van der Waals surface area (Å²) in [7, 11) is 0. The number of aromatic nitrogens is 2. The molecule has 0 fully saturated rings. The molecule has 0 spiro atoms. The van der Waals surface area contributed by atoms with Gasteiger partial charge in [0.25, 0.3) is 0 Å². The second-order valence-corrected chi connectivity index (χ2v) is 7.68. The van der Waals surface area contributed by atoms with Crippen LogP contribution in [0.4, 0.5) is 0 Å². The molecule has 0 aliphatic heterocycles. The smallest absolute Gasteiger partial charge is 0.132 e. The zero-order valence-corrected chi connectivity index (χ0v) is 16.6. The van der Waals surface area contributed by atoms with Gasteiger partial charge in [-0.05, 0) is 22.6 Å². The van der Waals surface area contributed by atoms with Crippen LogP contribution in [0, 0.1) is 0 Å². The largest absolute Gasteiger partial charge is 0.232 e. The summed E-state index contributed by atoms with van der Waals surface area (Å²) in [6, 6.07) is 31.8. The molecule has 0 bridgehead atoms. The van der Waals surface area contributed by atoms with Gasteiger partial charge in [-0.3, -0.25) is 0 Å². The highest BCUT2D eigenvalue weighted by Gasteiger charge is 2.16. The van der Waals surface area contributed by atoms with E-state index >= 15 is 0 Å². The van der Waals surface area contributed by atoms with E-state index in [0.717, 1.165) is 28.0 Å². The standard InChI is InChI=1S/C27H22N2/c1-18(2)27-28-25(20-13-7-4-8-14-20)24-17-23(19-11-5-3-6-12-19)21-15-9-10-16-22(21)26(24)29-27/h3-18H,1-2H3. The fourth-order valence-corrected chi connectivity index (χ4v) is 3.91. The zero-order chi connectivity index (χ0) is 19.8. The van der Waals surface area contributed by atoms with E-state index in [1.807, 2.05) is 6.07 Å². The topological polar surface area (TPSA) is 25.8 Å². The van der Waals surface area contributed by atoms with Crippen molar-refractivity contribution in [2.75, 3.05) is 0 Å². The molecule has 0 atom stereocenters. The molecule has 0 radical (unpaired) electrons. The van der Waals surface area contributed by atoms with E-state index in [1.165, 1.54) is 21.9 Å². The van der Waals surface area contributed by atoms with Crippen LogP contribution in [0.3, 0.4) is 0 Å². The Kier molecular flexibility index (Phi) is 4.33. The molecule has 5 rings (SSSR count). The van der Waals surface area contributed by atoms with Crippen molar-refractivity contribution >= 4 is 21.7 Å². The Morgan fingerprint density at radius 2 is 1.17 bits per heavy atom. The van der Waals surface area contributed by atoms with Crippen molar-refractivity contribution in [3.63, 3.8) is 0 Å². The third-order valence-electron chi connectivity index (χ3n) is 5.37. The van der Waals surface area contributed by atoms with E-state index in [0.29, 0.717) is 0 Å². The summed E-state index contributed by atoms with van der Waals surface area (Å²) in [5, 5.41) is 3.49. The molecule has 0 aliphatic rings. The summed E-state index contributed by atoms with van der Waals surface area (Å²) < 4.78 is 0. The lowest BCUT2D eigenvalue weighted by molar-refractivity contribution is 0.785. The number of rotatable bonds is 3. The van der Waals surface area contributed by atoms with Crippen LogP contribution in [-0.4, -0.2) is 9.97 Å². The maximum absolute atomic E-state index is 5.01. The van der Waals surface area contributed by atoms with Crippen LogP contribution >= 0.6 is 0 Å². The van der Waals surface area contributed by atoms with E-state index in [2.05, 4.69) is 98.8 Å². The lowest BCUT2D eigenvalue weighted by atomic mass is 9.93. The highest BCUT2D eigenvalue weighted by molar-refractivity contribution is 6.14. The Morgan fingerprint density at radius 3 is 1.83 bits per heavy atom. The van der Waals surface area contributed by atoms with Crippen LogP contribution in [0.2, 0.25) is 0 Å². The highest BCUT2D eigenvalue weighted by atomic mass is 14.9. The van der Waals surface area contributed by atoms with Gasteiger partial charge in [-0.25, -0.2) is 9.97 Å². The second kappa shape index (κ2) is 7.14. The fraction of sp³-hybridized carbons (Fsp3) is 0.111. The van der Waals surface area contributed by atoms with Crippen molar-refractivity contribution in [2.24, 2.45) is 0 Å². The molecule has 5 aromatic rings. The van der Waals surface area contributed by atoms with E-state index < -0.39 is 0 Å². The van der Waals surface area contributed by atoms with Crippen molar-refractivity contribution in [3.8, 4) is 22.4 Å². The molecule has 0 aliphatic carbocycles. The number of hydrogen-bond acceptors (Lipinski definition) is 2. The molecule has 0 saturated carbocycles. The Morgan fingerprint density at radius 1 is 0.586 bits per heavy atom. The summed E-state index contributed by atoms with van der Waals surface area (Å²) in [5.41, 5.74) is 5.57. The van der Waals surface area contributed by atoms with Crippen molar-refractivity contribution in [2.45, 2.75) is 19.8 Å². The second-order valence-electron chi connectivity index (χ2n) is 7.68. The minimum Gasteiger partial charge on any atom is -0.232 e. The van der Waals surface area contributed by atoms with Crippen LogP contribution < -0.4 is 0 Å². The Bertz CT molecular complexity index is 1310. The van der Waals surface area contributed by atoms with Gasteiger partial charge in [-0.1, -0.05) is 98.8 Å². The average molecular weight is 374 g/mol. The third kappa shape index (κ3) is 3.07. The lowest BCUT2D eigenvalue weighted by Crippen LogP contribution is -2.01. The molecule has 29 heavy (non-hydrogen) atoms. The van der Waals surface area contributed by atoms with Gasteiger partial charge in [0.15, 0.2) is 0 Å². The maximum atomic E-state index is 5.01. The van der Waals surface area contributed by atoms with E-state index in [-0.39, 0.29) is 5.92 Å². The molecule has 0 saturated heterocycles. The molecule has 0 unspecified atom stereocenters. The summed E-state index contributed by atoms with van der Waals surface area (Å²) in [4.78, 5) is 10.0. The van der Waals surface area contributed by atoms with Crippen molar-refractivity contribution in [1.82, 2.24) is 9.97 Å². The molecule has 0 amide bonds.